The molecule has 0 saturated heterocycles. The minimum Gasteiger partial charge on any atom is -0.493 e. The van der Waals surface area contributed by atoms with E-state index in [0.29, 0.717) is 23.7 Å². The third kappa shape index (κ3) is 5.51. The van der Waals surface area contributed by atoms with Crippen LogP contribution in [0.1, 0.15) is 49.4 Å². The first-order valence-corrected chi connectivity index (χ1v) is 8.98. The largest absolute Gasteiger partial charge is 0.493 e. The average molecular weight is 361 g/mol. The smallest absolute Gasteiger partial charge is 0.339 e. The van der Waals surface area contributed by atoms with E-state index in [1.807, 2.05) is 0 Å². The monoisotopic (exact) mass is 361 g/mol. The van der Waals surface area contributed by atoms with Crippen molar-refractivity contribution in [1.29, 1.82) is 0 Å². The second-order valence-electron chi connectivity index (χ2n) is 6.36. The summed E-state index contributed by atoms with van der Waals surface area (Å²) in [5.74, 6) is 0.0840. The topological polar surface area (TPSA) is 73.9 Å². The molecule has 1 aliphatic rings. The van der Waals surface area contributed by atoms with Gasteiger partial charge in [0.25, 0.3) is 5.91 Å². The highest BCUT2D eigenvalue weighted by Crippen LogP contribution is 2.28. The van der Waals surface area contributed by atoms with E-state index in [1.54, 1.807) is 25.1 Å². The third-order valence-corrected chi connectivity index (χ3v) is 4.36. The lowest BCUT2D eigenvalue weighted by Crippen LogP contribution is -2.42. The van der Waals surface area contributed by atoms with E-state index in [2.05, 4.69) is 11.9 Å². The fourth-order valence-corrected chi connectivity index (χ4v) is 2.91. The Bertz CT molecular complexity index is 637. The first-order valence-electron chi connectivity index (χ1n) is 8.98. The van der Waals surface area contributed by atoms with Crippen LogP contribution in [0.2, 0.25) is 0 Å². The molecule has 1 aromatic rings. The summed E-state index contributed by atoms with van der Waals surface area (Å²) in [6, 6.07) is 4.92. The predicted molar refractivity (Wildman–Crippen MR) is 98.6 cm³/mol. The van der Waals surface area contributed by atoms with Gasteiger partial charge in [-0.15, -0.1) is 0 Å². The number of hydrogen-bond acceptors (Lipinski definition) is 5. The summed E-state index contributed by atoms with van der Waals surface area (Å²) in [5.41, 5.74) is 0.296. The van der Waals surface area contributed by atoms with Gasteiger partial charge in [-0.1, -0.05) is 31.9 Å². The number of amides is 1. The van der Waals surface area contributed by atoms with Gasteiger partial charge in [-0.2, -0.15) is 0 Å². The lowest BCUT2D eigenvalue weighted by atomic mass is 9.95. The number of hydrogen-bond donors (Lipinski definition) is 1. The fraction of sp³-hybridized carbons (Fsp3) is 0.500. The first kappa shape index (κ1) is 19.8. The van der Waals surface area contributed by atoms with Crippen LogP contribution in [0.5, 0.6) is 11.5 Å². The van der Waals surface area contributed by atoms with Crippen molar-refractivity contribution < 1.29 is 23.8 Å². The Balaban J connectivity index is 1.94. The SMILES string of the molecule is C=CCOc1ccc(C(=O)O[C@@H](C)C(=O)NC2CCCCC2)cc1OC. The molecule has 1 amide bonds. The summed E-state index contributed by atoms with van der Waals surface area (Å²) in [6.07, 6.45) is 6.19. The first-order chi connectivity index (χ1) is 12.5. The number of benzene rings is 1. The number of esters is 1. The Morgan fingerprint density at radius 3 is 2.65 bits per heavy atom. The van der Waals surface area contributed by atoms with Crippen LogP contribution in [0.15, 0.2) is 30.9 Å². The normalized spacial score (nSPS) is 15.6. The van der Waals surface area contributed by atoms with Gasteiger partial charge in [0.15, 0.2) is 17.6 Å². The van der Waals surface area contributed by atoms with E-state index >= 15 is 0 Å². The zero-order chi connectivity index (χ0) is 18.9. The average Bonchev–Trinajstić information content (AvgIpc) is 2.66. The van der Waals surface area contributed by atoms with E-state index in [-0.39, 0.29) is 11.9 Å². The third-order valence-electron chi connectivity index (χ3n) is 4.36. The fourth-order valence-electron chi connectivity index (χ4n) is 2.91. The second kappa shape index (κ2) is 9.85. The number of nitrogens with one attached hydrogen (secondary N) is 1. The molecule has 6 nitrogen and oxygen atoms in total. The molecule has 2 rings (SSSR count). The minimum absolute atomic E-state index is 0.179. The van der Waals surface area contributed by atoms with Gasteiger partial charge >= 0.3 is 5.97 Å². The molecule has 6 heteroatoms. The molecule has 1 fully saturated rings. The molecule has 1 aliphatic carbocycles. The molecule has 1 atom stereocenters. The van der Waals surface area contributed by atoms with Crippen LogP contribution in [0.4, 0.5) is 0 Å². The Kier molecular flexibility index (Phi) is 7.51. The van der Waals surface area contributed by atoms with Gasteiger partial charge in [0.1, 0.15) is 6.61 Å². The zero-order valence-corrected chi connectivity index (χ0v) is 15.5. The molecule has 0 aromatic heterocycles. The molecule has 26 heavy (non-hydrogen) atoms. The molecule has 0 bridgehead atoms. The van der Waals surface area contributed by atoms with Crippen LogP contribution in [0.25, 0.3) is 0 Å². The number of methoxy groups -OCH3 is 1. The van der Waals surface area contributed by atoms with E-state index in [9.17, 15) is 9.59 Å². The minimum atomic E-state index is -0.855. The molecule has 0 radical (unpaired) electrons. The Morgan fingerprint density at radius 1 is 1.27 bits per heavy atom. The summed E-state index contributed by atoms with van der Waals surface area (Å²) < 4.78 is 16.0. The second-order valence-corrected chi connectivity index (χ2v) is 6.36. The molecule has 0 aliphatic heterocycles. The summed E-state index contributed by atoms with van der Waals surface area (Å²) in [7, 11) is 1.49. The van der Waals surface area contributed by atoms with Crippen molar-refractivity contribution in [3.8, 4) is 11.5 Å². The van der Waals surface area contributed by atoms with Crippen molar-refractivity contribution in [2.45, 2.75) is 51.2 Å². The molecule has 142 valence electrons. The number of rotatable bonds is 8. The van der Waals surface area contributed by atoms with Gasteiger partial charge in [0.05, 0.1) is 12.7 Å². The van der Waals surface area contributed by atoms with Crippen LogP contribution in [0, 0.1) is 0 Å². The lowest BCUT2D eigenvalue weighted by molar-refractivity contribution is -0.130. The van der Waals surface area contributed by atoms with E-state index in [4.69, 9.17) is 14.2 Å². The Hall–Kier alpha value is -2.50. The number of carbonyl (C=O) groups is 2. The number of ether oxygens (including phenoxy) is 3. The maximum atomic E-state index is 12.3. The summed E-state index contributed by atoms with van der Waals surface area (Å²) in [4.78, 5) is 24.6. The van der Waals surface area contributed by atoms with Gasteiger partial charge in [0, 0.05) is 6.04 Å². The van der Waals surface area contributed by atoms with E-state index < -0.39 is 12.1 Å². The molecule has 1 aromatic carbocycles. The molecule has 1 saturated carbocycles. The van der Waals surface area contributed by atoms with Crippen molar-refractivity contribution in [3.05, 3.63) is 36.4 Å². The van der Waals surface area contributed by atoms with Crippen molar-refractivity contribution in [2.24, 2.45) is 0 Å². The van der Waals surface area contributed by atoms with Gasteiger partial charge in [0.2, 0.25) is 0 Å². The quantitative estimate of drug-likeness (QED) is 0.568. The number of carbonyl (C=O) groups excluding carboxylic acids is 2. The molecule has 0 spiro atoms. The standard InChI is InChI=1S/C20H27NO5/c1-4-12-25-17-11-10-15(13-18(17)24-3)20(23)26-14(2)19(22)21-16-8-6-5-7-9-16/h4,10-11,13-14,16H,1,5-9,12H2,2-3H3,(H,21,22)/t14-/m0/s1. The molecule has 0 heterocycles. The lowest BCUT2D eigenvalue weighted by Gasteiger charge is -2.24. The zero-order valence-electron chi connectivity index (χ0n) is 15.5. The highest BCUT2D eigenvalue weighted by atomic mass is 16.5. The molecule has 1 N–H and O–H groups in total. The summed E-state index contributed by atoms with van der Waals surface area (Å²) in [5, 5.41) is 2.96. The van der Waals surface area contributed by atoms with Crippen molar-refractivity contribution >= 4 is 11.9 Å². The highest BCUT2D eigenvalue weighted by Gasteiger charge is 2.23. The van der Waals surface area contributed by atoms with Crippen LogP contribution in [-0.2, 0) is 9.53 Å². The van der Waals surface area contributed by atoms with E-state index in [0.717, 1.165) is 25.7 Å². The maximum Gasteiger partial charge on any atom is 0.339 e. The molecule has 0 unspecified atom stereocenters. The van der Waals surface area contributed by atoms with Crippen LogP contribution >= 0.6 is 0 Å². The van der Waals surface area contributed by atoms with Gasteiger partial charge < -0.3 is 19.5 Å². The van der Waals surface area contributed by atoms with Gasteiger partial charge in [-0.05, 0) is 38.0 Å². The molecular formula is C20H27NO5. The van der Waals surface area contributed by atoms with Gasteiger partial charge in [-0.3, -0.25) is 4.79 Å². The van der Waals surface area contributed by atoms with E-state index in [1.165, 1.54) is 19.6 Å². The van der Waals surface area contributed by atoms with Crippen molar-refractivity contribution in [1.82, 2.24) is 5.32 Å². The molecular weight excluding hydrogens is 334 g/mol. The van der Waals surface area contributed by atoms with Gasteiger partial charge in [-0.25, -0.2) is 4.79 Å². The van der Waals surface area contributed by atoms with Crippen molar-refractivity contribution in [2.75, 3.05) is 13.7 Å². The Morgan fingerprint density at radius 2 is 2.00 bits per heavy atom. The van der Waals surface area contributed by atoms with Crippen LogP contribution in [-0.4, -0.2) is 37.7 Å². The van der Waals surface area contributed by atoms with Crippen molar-refractivity contribution in [3.63, 3.8) is 0 Å². The maximum absolute atomic E-state index is 12.3. The Labute approximate surface area is 154 Å². The predicted octanol–water partition coefficient (Wildman–Crippen LogP) is 3.25. The van der Waals surface area contributed by atoms with Crippen LogP contribution < -0.4 is 14.8 Å². The van der Waals surface area contributed by atoms with Crippen LogP contribution in [0.3, 0.4) is 0 Å². The summed E-state index contributed by atoms with van der Waals surface area (Å²) in [6.45, 7) is 5.50. The summed E-state index contributed by atoms with van der Waals surface area (Å²) >= 11 is 0. The highest BCUT2D eigenvalue weighted by molar-refractivity contribution is 5.92.